The molecule has 0 bridgehead atoms. The minimum absolute atomic E-state index is 0.0588. The van der Waals surface area contributed by atoms with Crippen LogP contribution in [0.15, 0.2) is 137 Å². The molecule has 4 heterocycles. The molecular formula is C63H72N12O21. The van der Waals surface area contributed by atoms with Gasteiger partial charge in [0.1, 0.15) is 68.5 Å². The van der Waals surface area contributed by atoms with Crippen molar-refractivity contribution >= 4 is 42.2 Å². The van der Waals surface area contributed by atoms with Crippen molar-refractivity contribution in [2.75, 3.05) is 13.2 Å². The quantitative estimate of drug-likeness (QED) is 0.0189. The van der Waals surface area contributed by atoms with Crippen molar-refractivity contribution in [2.24, 2.45) is 15.3 Å². The van der Waals surface area contributed by atoms with E-state index >= 15 is 0 Å². The largest absolute Gasteiger partial charge is 0.463 e. The highest BCUT2D eigenvalue weighted by Crippen LogP contribution is 2.41. The molecule has 4 saturated heterocycles. The predicted octanol–water partition coefficient (Wildman–Crippen LogP) is 7.72. The summed E-state index contributed by atoms with van der Waals surface area (Å²) in [5, 5.41) is 17.2. The van der Waals surface area contributed by atoms with Gasteiger partial charge in [0.2, 0.25) is 0 Å². The van der Waals surface area contributed by atoms with Gasteiger partial charge in [-0.3, -0.25) is 24.1 Å². The fraction of sp³-hybridized carbons (Fsp3) is 0.508. The fourth-order valence-electron chi connectivity index (χ4n) is 12.0. The lowest BCUT2D eigenvalue weighted by atomic mass is 9.81. The van der Waals surface area contributed by atoms with E-state index in [1.165, 1.54) is 4.90 Å². The normalized spacial score (nSPS) is 29.1. The Kier molecular flexibility index (Phi) is 25.0. The van der Waals surface area contributed by atoms with Crippen molar-refractivity contribution in [2.45, 2.75) is 190 Å². The molecule has 5 fully saturated rings. The second-order valence-corrected chi connectivity index (χ2v) is 22.8. The first-order valence-corrected chi connectivity index (χ1v) is 30.7. The Morgan fingerprint density at radius 1 is 0.583 bits per heavy atom. The fourth-order valence-corrected chi connectivity index (χ4v) is 12.0. The summed E-state index contributed by atoms with van der Waals surface area (Å²) in [6, 6.07) is 29.4. The van der Waals surface area contributed by atoms with E-state index < -0.39 is 172 Å². The van der Waals surface area contributed by atoms with Gasteiger partial charge in [0.15, 0.2) is 43.3 Å². The lowest BCUT2D eigenvalue weighted by molar-refractivity contribution is -0.299. The van der Waals surface area contributed by atoms with E-state index in [0.29, 0.717) is 11.1 Å². The number of nitrogens with zero attached hydrogens (tertiary/aromatic N) is 10. The number of esters is 4. The van der Waals surface area contributed by atoms with Crippen molar-refractivity contribution in [1.29, 1.82) is 0 Å². The minimum atomic E-state index is -1.93. The van der Waals surface area contributed by atoms with Gasteiger partial charge in [0.25, 0.3) is 0 Å². The maximum atomic E-state index is 14.6. The molecule has 1 saturated carbocycles. The van der Waals surface area contributed by atoms with Crippen LogP contribution in [0.1, 0.15) is 69.7 Å². The standard InChI is InChI=1S/C63H72N12O21/c1-34(75(29-39-18-10-6-11-19-39)63(82)86-32-42-24-16-9-17-25-42)44-27-26-43(70-73-65)58(90-44)94-53-47(68-61(80)85-31-41-22-14-8-15-23-41)52(84-30-40-20-12-7-13-21-40)48-54(96-62(81)69-48)56(53)95-60-57(89-38(5)79)51(46(92-60)33-83-35(2)76)93-59-49(71-74-66)55(88-37(4)78)50(87-36(3)77)45(91-59)28-67-72-64/h6-25,34,43-60H,26-33H2,1-5H3,(H,68,80)(H,69,81)/t34-,43+,44-,45-,46+,47-,48+,49+,50+,51+,52-,53+,54-,55+,56-,57+,58+,59+,60-/m0/s1. The van der Waals surface area contributed by atoms with Gasteiger partial charge in [0, 0.05) is 49.0 Å². The highest BCUT2D eigenvalue weighted by molar-refractivity contribution is 5.72. The highest BCUT2D eigenvalue weighted by atomic mass is 16.8. The van der Waals surface area contributed by atoms with Gasteiger partial charge in [-0.25, -0.2) is 14.4 Å². The number of ether oxygens (including phenoxy) is 14. The van der Waals surface area contributed by atoms with Gasteiger partial charge in [-0.15, -0.1) is 0 Å². The van der Waals surface area contributed by atoms with E-state index in [-0.39, 0.29) is 39.2 Å². The minimum Gasteiger partial charge on any atom is -0.463 e. The number of hydrogen-bond donors (Lipinski definition) is 2. The number of hydrogen-bond acceptors (Lipinski definition) is 24. The molecule has 4 aromatic rings. The van der Waals surface area contributed by atoms with Gasteiger partial charge >= 0.3 is 42.2 Å². The molecule has 0 spiro atoms. The summed E-state index contributed by atoms with van der Waals surface area (Å²) >= 11 is 0. The summed E-state index contributed by atoms with van der Waals surface area (Å²) in [5.74, 6) is -3.67. The average molecular weight is 1330 g/mol. The molecule has 1 aliphatic carbocycles. The summed E-state index contributed by atoms with van der Waals surface area (Å²) in [7, 11) is 0. The predicted molar refractivity (Wildman–Crippen MR) is 327 cm³/mol. The summed E-state index contributed by atoms with van der Waals surface area (Å²) < 4.78 is 87.5. The summed E-state index contributed by atoms with van der Waals surface area (Å²) in [6.07, 6.45) is -25.0. The molecule has 33 nitrogen and oxygen atoms in total. The van der Waals surface area contributed by atoms with Crippen molar-refractivity contribution in [3.05, 3.63) is 175 Å². The molecule has 3 amide bonds. The van der Waals surface area contributed by atoms with Crippen LogP contribution >= 0.6 is 0 Å². The Hall–Kier alpha value is -9.78. The monoisotopic (exact) mass is 1330 g/mol. The van der Waals surface area contributed by atoms with E-state index in [1.807, 2.05) is 60.7 Å². The third kappa shape index (κ3) is 18.6. The van der Waals surface area contributed by atoms with Crippen LogP contribution in [0.5, 0.6) is 0 Å². The third-order valence-electron chi connectivity index (χ3n) is 16.2. The van der Waals surface area contributed by atoms with Crippen molar-refractivity contribution in [3.8, 4) is 0 Å². The second-order valence-electron chi connectivity index (χ2n) is 22.8. The maximum absolute atomic E-state index is 14.6. The summed E-state index contributed by atoms with van der Waals surface area (Å²) in [5.41, 5.74) is 32.3. The average Bonchev–Trinajstić information content (AvgIpc) is 1.36. The van der Waals surface area contributed by atoms with Crippen molar-refractivity contribution in [3.63, 3.8) is 0 Å². The van der Waals surface area contributed by atoms with E-state index in [1.54, 1.807) is 67.6 Å². The molecule has 0 radical (unpaired) electrons. The number of carbonyl (C=O) groups excluding carboxylic acids is 7. The molecule has 33 heteroatoms. The lowest BCUT2D eigenvalue weighted by Gasteiger charge is -2.49. The van der Waals surface area contributed by atoms with Crippen LogP contribution < -0.4 is 10.6 Å². The molecule has 0 aromatic heterocycles. The van der Waals surface area contributed by atoms with Gasteiger partial charge in [-0.1, -0.05) is 137 Å². The van der Waals surface area contributed by atoms with E-state index in [0.717, 1.165) is 38.8 Å². The van der Waals surface area contributed by atoms with Crippen LogP contribution in [0.25, 0.3) is 31.3 Å². The molecule has 4 aromatic carbocycles. The Labute approximate surface area is 549 Å². The van der Waals surface area contributed by atoms with E-state index in [4.69, 9.17) is 66.3 Å². The number of alkyl carbamates (subject to hydrolysis) is 2. The molecule has 96 heavy (non-hydrogen) atoms. The SMILES string of the molecule is CC(=O)OC[C@H]1O[C@@H](O[C@H]2[C@H](O[C@H]3O[C@H]([C@H](C)N(Cc4ccccc4)C(=O)OCc4ccccc4)CC[C@H]3N=[N+]=[N-])[C@@H](NC(=O)OCc3ccccc3)[C@H](OCc3ccccc3)[C@H]3NC(=O)O[C@@H]32)[C@H](OC(C)=O)[C@@H]1O[C@H]1O[C@@H](CN=[N+]=[N-])[C@@H](OC(C)=O)[C@H](OC(C)=O)[C@H]1N=[N+]=[N-]. The number of amides is 3. The van der Waals surface area contributed by atoms with Crippen LogP contribution in [0.3, 0.4) is 0 Å². The van der Waals surface area contributed by atoms with Crippen LogP contribution in [0, 0.1) is 0 Å². The number of nitrogens with one attached hydrogen (secondary N) is 2. The molecule has 2 N–H and O–H groups in total. The molecule has 19 atom stereocenters. The Morgan fingerprint density at radius 3 is 1.73 bits per heavy atom. The van der Waals surface area contributed by atoms with E-state index in [2.05, 4.69) is 40.7 Å². The van der Waals surface area contributed by atoms with Crippen LogP contribution in [0.4, 0.5) is 14.4 Å². The zero-order valence-electron chi connectivity index (χ0n) is 52.7. The molecule has 510 valence electrons. The number of rotatable bonds is 27. The Bertz CT molecular complexity index is 3460. The Balaban J connectivity index is 1.14. The molecular weight excluding hydrogens is 1260 g/mol. The summed E-state index contributed by atoms with van der Waals surface area (Å²) in [4.78, 5) is 105. The topological polar surface area (TPSA) is 422 Å². The van der Waals surface area contributed by atoms with Crippen LogP contribution in [-0.2, 0) is 112 Å². The smallest absolute Gasteiger partial charge is 0.410 e. The number of carbonyl (C=O) groups is 7. The van der Waals surface area contributed by atoms with Gasteiger partial charge in [0.05, 0.1) is 37.4 Å². The molecule has 0 unspecified atom stereocenters. The molecule has 4 aliphatic heterocycles. The molecule has 9 rings (SSSR count). The van der Waals surface area contributed by atoms with Crippen molar-refractivity contribution < 1.29 is 99.9 Å². The first kappa shape index (κ1) is 70.5. The highest BCUT2D eigenvalue weighted by Gasteiger charge is 2.63. The Morgan fingerprint density at radius 2 is 1.14 bits per heavy atom. The van der Waals surface area contributed by atoms with Gasteiger partial charge < -0.3 is 76.9 Å². The number of fused-ring (bicyclic) bond motifs is 1. The zero-order valence-corrected chi connectivity index (χ0v) is 52.7. The van der Waals surface area contributed by atoms with Crippen LogP contribution in [-0.4, -0.2) is 176 Å². The first-order chi connectivity index (χ1) is 46.4. The molecule has 5 aliphatic rings. The third-order valence-corrected chi connectivity index (χ3v) is 16.2. The van der Waals surface area contributed by atoms with Gasteiger partial charge in [-0.05, 0) is 58.6 Å². The summed E-state index contributed by atoms with van der Waals surface area (Å²) in [6.45, 7) is 4.27. The van der Waals surface area contributed by atoms with E-state index in [9.17, 15) is 50.2 Å². The van der Waals surface area contributed by atoms with Crippen LogP contribution in [0.2, 0.25) is 0 Å². The zero-order chi connectivity index (χ0) is 68.3. The maximum Gasteiger partial charge on any atom is 0.410 e. The number of benzene rings is 4. The number of azide groups is 3. The lowest BCUT2D eigenvalue weighted by Crippen LogP contribution is -2.72. The van der Waals surface area contributed by atoms with Crippen molar-refractivity contribution in [1.82, 2.24) is 15.5 Å². The van der Waals surface area contributed by atoms with Gasteiger partial charge in [-0.2, -0.15) is 0 Å². The second kappa shape index (κ2) is 34.1. The first-order valence-electron chi connectivity index (χ1n) is 30.7.